The lowest BCUT2D eigenvalue weighted by atomic mass is 10.1. The van der Waals surface area contributed by atoms with Crippen LogP contribution in [0.1, 0.15) is 5.56 Å². The summed E-state index contributed by atoms with van der Waals surface area (Å²) < 4.78 is 10.7. The summed E-state index contributed by atoms with van der Waals surface area (Å²) in [5.41, 5.74) is 2.79. The normalized spacial score (nSPS) is 11.2. The number of quaternary nitrogens is 1. The predicted molar refractivity (Wildman–Crippen MR) is 124 cm³/mol. The lowest BCUT2D eigenvalue weighted by Crippen LogP contribution is -3.00. The van der Waals surface area contributed by atoms with Crippen molar-refractivity contribution in [2.45, 2.75) is 6.42 Å². The molecule has 0 aliphatic rings. The van der Waals surface area contributed by atoms with E-state index >= 15 is 0 Å². The molecule has 0 bridgehead atoms. The van der Waals surface area contributed by atoms with Gasteiger partial charge in [-0.3, -0.25) is 14.6 Å². The number of rotatable bonds is 9. The van der Waals surface area contributed by atoms with Gasteiger partial charge in [0.1, 0.15) is 0 Å². The zero-order valence-corrected chi connectivity index (χ0v) is 18.9. The van der Waals surface area contributed by atoms with E-state index in [0.717, 1.165) is 45.8 Å². The monoisotopic (exact) mass is 423 g/mol. The molecule has 2 aromatic carbocycles. The number of carbonyl (C=O) groups excluding carboxylic acids is 1. The number of likely N-dealkylation sites (N-methyl/N-ethyl adjacent to an activating group) is 1. The fourth-order valence-corrected chi connectivity index (χ4v) is 3.41. The molecule has 0 saturated carbocycles. The van der Waals surface area contributed by atoms with Crippen LogP contribution >= 0.6 is 0 Å². The number of aromatic nitrogens is 1. The molecule has 0 atom stereocenters. The largest absolute Gasteiger partial charge is 0.493 e. The SMILES string of the molecule is COc1ccc(CCN(C)CC(=O)Nc2cc([NH+](C)C)nc3ccccc23)cc1OC. The first-order valence-corrected chi connectivity index (χ1v) is 10.3. The van der Waals surface area contributed by atoms with Gasteiger partial charge in [-0.15, -0.1) is 0 Å². The second-order valence-corrected chi connectivity index (χ2v) is 7.80. The lowest BCUT2D eigenvalue weighted by Gasteiger charge is -2.18. The molecule has 0 radical (unpaired) electrons. The highest BCUT2D eigenvalue weighted by molar-refractivity contribution is 6.02. The molecule has 3 rings (SSSR count). The minimum Gasteiger partial charge on any atom is -0.493 e. The maximum absolute atomic E-state index is 12.7. The van der Waals surface area contributed by atoms with E-state index in [1.165, 1.54) is 0 Å². The number of hydrogen-bond donors (Lipinski definition) is 2. The molecule has 7 heteroatoms. The smallest absolute Gasteiger partial charge is 0.238 e. The number of fused-ring (bicyclic) bond motifs is 1. The Kier molecular flexibility index (Phi) is 7.44. The van der Waals surface area contributed by atoms with Crippen LogP contribution in [0.5, 0.6) is 11.5 Å². The number of amides is 1. The first-order valence-electron chi connectivity index (χ1n) is 10.3. The molecule has 31 heavy (non-hydrogen) atoms. The van der Waals surface area contributed by atoms with Gasteiger partial charge in [0.05, 0.1) is 46.1 Å². The van der Waals surface area contributed by atoms with Crippen LogP contribution in [-0.2, 0) is 11.2 Å². The number of benzene rings is 2. The number of methoxy groups -OCH3 is 2. The van der Waals surface area contributed by atoms with Gasteiger partial charge in [0.2, 0.25) is 11.7 Å². The number of ether oxygens (including phenoxy) is 2. The van der Waals surface area contributed by atoms with Crippen molar-refractivity contribution in [3.63, 3.8) is 0 Å². The first kappa shape index (κ1) is 22.5. The highest BCUT2D eigenvalue weighted by Gasteiger charge is 2.14. The van der Waals surface area contributed by atoms with Crippen molar-refractivity contribution in [3.05, 3.63) is 54.1 Å². The zero-order valence-electron chi connectivity index (χ0n) is 18.9. The van der Waals surface area contributed by atoms with Crippen LogP contribution in [0.15, 0.2) is 48.5 Å². The van der Waals surface area contributed by atoms with Gasteiger partial charge in [-0.25, -0.2) is 0 Å². The van der Waals surface area contributed by atoms with E-state index in [-0.39, 0.29) is 5.91 Å². The molecule has 1 aromatic heterocycles. The third-order valence-corrected chi connectivity index (χ3v) is 5.15. The summed E-state index contributed by atoms with van der Waals surface area (Å²) in [6.45, 7) is 1.04. The molecule has 3 aromatic rings. The van der Waals surface area contributed by atoms with Gasteiger partial charge in [0.25, 0.3) is 0 Å². The van der Waals surface area contributed by atoms with Gasteiger partial charge in [-0.1, -0.05) is 24.3 Å². The van der Waals surface area contributed by atoms with Gasteiger partial charge in [-0.2, -0.15) is 4.98 Å². The quantitative estimate of drug-likeness (QED) is 0.552. The maximum atomic E-state index is 12.7. The molecule has 0 aliphatic carbocycles. The van der Waals surface area contributed by atoms with Crippen molar-refractivity contribution in [2.75, 3.05) is 53.8 Å². The Morgan fingerprint density at radius 3 is 2.52 bits per heavy atom. The highest BCUT2D eigenvalue weighted by atomic mass is 16.5. The molecular weight excluding hydrogens is 392 g/mol. The molecule has 0 aliphatic heterocycles. The van der Waals surface area contributed by atoms with Crippen LogP contribution in [0.4, 0.5) is 11.5 Å². The number of nitrogens with zero attached hydrogens (tertiary/aromatic N) is 2. The molecule has 7 nitrogen and oxygen atoms in total. The van der Waals surface area contributed by atoms with Crippen LogP contribution in [0.25, 0.3) is 10.9 Å². The second-order valence-electron chi connectivity index (χ2n) is 7.80. The standard InChI is InChI=1S/C24H30N4O3/c1-27(2)23-15-20(18-8-6-7-9-19(18)25-23)26-24(29)16-28(3)13-12-17-10-11-21(30-4)22(14-17)31-5/h6-11,14-15H,12-13,16H2,1-5H3,(H,25,26,29)/p+1. The summed E-state index contributed by atoms with van der Waals surface area (Å²) in [5.74, 6) is 2.26. The second kappa shape index (κ2) is 10.2. The van der Waals surface area contributed by atoms with Gasteiger partial charge in [0, 0.05) is 18.0 Å². The summed E-state index contributed by atoms with van der Waals surface area (Å²) in [6, 6.07) is 15.7. The molecule has 0 fully saturated rings. The van der Waals surface area contributed by atoms with E-state index < -0.39 is 0 Å². The van der Waals surface area contributed by atoms with E-state index in [0.29, 0.717) is 18.0 Å². The Hall–Kier alpha value is -3.16. The Morgan fingerprint density at radius 2 is 1.81 bits per heavy atom. The van der Waals surface area contributed by atoms with Gasteiger partial charge >= 0.3 is 0 Å². The highest BCUT2D eigenvalue weighted by Crippen LogP contribution is 2.28. The number of carbonyl (C=O) groups is 1. The van der Waals surface area contributed by atoms with Crippen molar-refractivity contribution in [1.29, 1.82) is 0 Å². The summed E-state index contributed by atoms with van der Waals surface area (Å²) in [5, 5.41) is 4.01. The minimum absolute atomic E-state index is 0.0501. The molecule has 0 spiro atoms. The molecule has 2 N–H and O–H groups in total. The van der Waals surface area contributed by atoms with Crippen LogP contribution in [-0.4, -0.2) is 64.2 Å². The topological polar surface area (TPSA) is 68.1 Å². The van der Waals surface area contributed by atoms with Crippen LogP contribution in [0, 0.1) is 0 Å². The fraction of sp³-hybridized carbons (Fsp3) is 0.333. The van der Waals surface area contributed by atoms with Crippen molar-refractivity contribution in [1.82, 2.24) is 9.88 Å². The number of anilines is 1. The molecular formula is C24H31N4O3+. The molecule has 0 saturated heterocycles. The van der Waals surface area contributed by atoms with E-state index in [4.69, 9.17) is 9.47 Å². The summed E-state index contributed by atoms with van der Waals surface area (Å²) >= 11 is 0. The van der Waals surface area contributed by atoms with Crippen molar-refractivity contribution in [3.8, 4) is 11.5 Å². The Labute approximate surface area is 183 Å². The summed E-state index contributed by atoms with van der Waals surface area (Å²) in [4.78, 5) is 20.5. The first-order chi connectivity index (χ1) is 14.9. The Balaban J connectivity index is 1.63. The minimum atomic E-state index is -0.0501. The Bertz CT molecular complexity index is 1050. The number of para-hydroxylation sites is 1. The Morgan fingerprint density at radius 1 is 1.06 bits per heavy atom. The molecule has 1 amide bonds. The maximum Gasteiger partial charge on any atom is 0.238 e. The van der Waals surface area contributed by atoms with Crippen LogP contribution < -0.4 is 19.7 Å². The third kappa shape index (κ3) is 5.71. The van der Waals surface area contributed by atoms with E-state index in [9.17, 15) is 4.79 Å². The zero-order chi connectivity index (χ0) is 22.4. The fourth-order valence-electron chi connectivity index (χ4n) is 3.41. The molecule has 0 unspecified atom stereocenters. The summed E-state index contributed by atoms with van der Waals surface area (Å²) in [6.07, 6.45) is 0.802. The molecule has 1 heterocycles. The third-order valence-electron chi connectivity index (χ3n) is 5.15. The number of hydrogen-bond acceptors (Lipinski definition) is 5. The van der Waals surface area contributed by atoms with E-state index in [1.54, 1.807) is 14.2 Å². The number of nitrogens with one attached hydrogen (secondary N) is 2. The van der Waals surface area contributed by atoms with E-state index in [2.05, 4.69) is 10.3 Å². The van der Waals surface area contributed by atoms with Crippen LogP contribution in [0.3, 0.4) is 0 Å². The average Bonchev–Trinajstić information content (AvgIpc) is 2.77. The van der Waals surface area contributed by atoms with Gasteiger partial charge in [0.15, 0.2) is 11.5 Å². The van der Waals surface area contributed by atoms with Crippen molar-refractivity contribution in [2.24, 2.45) is 0 Å². The van der Waals surface area contributed by atoms with Gasteiger partial charge in [-0.05, 0) is 37.2 Å². The summed E-state index contributed by atoms with van der Waals surface area (Å²) in [7, 11) is 9.23. The predicted octanol–water partition coefficient (Wildman–Crippen LogP) is 2.14. The molecule has 164 valence electrons. The van der Waals surface area contributed by atoms with Crippen molar-refractivity contribution >= 4 is 28.3 Å². The lowest BCUT2D eigenvalue weighted by molar-refractivity contribution is -0.789. The van der Waals surface area contributed by atoms with Crippen molar-refractivity contribution < 1.29 is 19.2 Å². The van der Waals surface area contributed by atoms with Crippen LogP contribution in [0.2, 0.25) is 0 Å². The van der Waals surface area contributed by atoms with Gasteiger partial charge < -0.3 is 14.8 Å². The van der Waals surface area contributed by atoms with E-state index in [1.807, 2.05) is 74.6 Å². The number of pyridine rings is 1. The average molecular weight is 424 g/mol.